The molecule has 2 atom stereocenters. The average Bonchev–Trinajstić information content (AvgIpc) is 3.34. The van der Waals surface area contributed by atoms with Gasteiger partial charge in [-0.05, 0) is 55.5 Å². The zero-order valence-corrected chi connectivity index (χ0v) is 14.5. The topological polar surface area (TPSA) is 44.8 Å². The molecular formula is C19H27N3O2. The lowest BCUT2D eigenvalue weighted by Gasteiger charge is -2.37. The quantitative estimate of drug-likeness (QED) is 0.917. The maximum atomic E-state index is 12.8. The molecule has 24 heavy (non-hydrogen) atoms. The highest BCUT2D eigenvalue weighted by Gasteiger charge is 2.58. The van der Waals surface area contributed by atoms with E-state index in [0.29, 0.717) is 11.3 Å². The number of ether oxygens (including phenoxy) is 1. The van der Waals surface area contributed by atoms with E-state index in [1.807, 2.05) is 12.1 Å². The van der Waals surface area contributed by atoms with Crippen LogP contribution in [-0.2, 0) is 4.79 Å². The van der Waals surface area contributed by atoms with Crippen LogP contribution in [0.25, 0.3) is 0 Å². The Morgan fingerprint density at radius 3 is 2.58 bits per heavy atom. The SMILES string of the molecule is COc1ccc(N2CCN(C(=O)C3CC34CCCNC4)CC2)cc1. The van der Waals surface area contributed by atoms with Crippen LogP contribution in [0.15, 0.2) is 24.3 Å². The summed E-state index contributed by atoms with van der Waals surface area (Å²) in [5.74, 6) is 1.55. The number of nitrogens with zero attached hydrogens (tertiary/aromatic N) is 2. The van der Waals surface area contributed by atoms with Gasteiger partial charge < -0.3 is 19.9 Å². The highest BCUT2D eigenvalue weighted by atomic mass is 16.5. The van der Waals surface area contributed by atoms with Crippen LogP contribution >= 0.6 is 0 Å². The summed E-state index contributed by atoms with van der Waals surface area (Å²) in [6, 6.07) is 8.19. The number of hydrogen-bond donors (Lipinski definition) is 1. The maximum Gasteiger partial charge on any atom is 0.226 e. The van der Waals surface area contributed by atoms with Crippen molar-refractivity contribution in [1.29, 1.82) is 0 Å². The van der Waals surface area contributed by atoms with Gasteiger partial charge in [0, 0.05) is 44.3 Å². The van der Waals surface area contributed by atoms with Gasteiger partial charge in [0.25, 0.3) is 0 Å². The van der Waals surface area contributed by atoms with Gasteiger partial charge in [-0.25, -0.2) is 0 Å². The monoisotopic (exact) mass is 329 g/mol. The van der Waals surface area contributed by atoms with E-state index in [2.05, 4.69) is 27.2 Å². The summed E-state index contributed by atoms with van der Waals surface area (Å²) in [7, 11) is 1.69. The zero-order valence-electron chi connectivity index (χ0n) is 14.5. The van der Waals surface area contributed by atoms with Gasteiger partial charge >= 0.3 is 0 Å². The second-order valence-corrected chi connectivity index (χ2v) is 7.41. The number of benzene rings is 1. The van der Waals surface area contributed by atoms with Gasteiger partial charge in [-0.3, -0.25) is 4.79 Å². The van der Waals surface area contributed by atoms with Crippen molar-refractivity contribution < 1.29 is 9.53 Å². The number of carbonyl (C=O) groups is 1. The van der Waals surface area contributed by atoms with Crippen LogP contribution in [0.4, 0.5) is 5.69 Å². The molecule has 0 radical (unpaired) electrons. The van der Waals surface area contributed by atoms with Crippen LogP contribution in [0.2, 0.25) is 0 Å². The third-order valence-corrected chi connectivity index (χ3v) is 6.02. The van der Waals surface area contributed by atoms with E-state index in [0.717, 1.165) is 51.4 Å². The molecule has 5 heteroatoms. The van der Waals surface area contributed by atoms with Crippen molar-refractivity contribution in [3.63, 3.8) is 0 Å². The first-order chi connectivity index (χ1) is 11.7. The number of piperidine rings is 1. The molecule has 130 valence electrons. The summed E-state index contributed by atoms with van der Waals surface area (Å²) in [5.41, 5.74) is 1.50. The lowest BCUT2D eigenvalue weighted by molar-refractivity contribution is -0.133. The molecule has 1 saturated carbocycles. The van der Waals surface area contributed by atoms with Crippen LogP contribution in [0.1, 0.15) is 19.3 Å². The summed E-state index contributed by atoms with van der Waals surface area (Å²) >= 11 is 0. The van der Waals surface area contributed by atoms with Gasteiger partial charge in [-0.1, -0.05) is 0 Å². The zero-order chi connectivity index (χ0) is 16.6. The van der Waals surface area contributed by atoms with E-state index in [1.165, 1.54) is 18.5 Å². The van der Waals surface area contributed by atoms with Gasteiger partial charge in [0.15, 0.2) is 0 Å². The summed E-state index contributed by atoms with van der Waals surface area (Å²) in [6.07, 6.45) is 3.54. The van der Waals surface area contributed by atoms with Crippen molar-refractivity contribution in [3.05, 3.63) is 24.3 Å². The number of carbonyl (C=O) groups excluding carboxylic acids is 1. The second-order valence-electron chi connectivity index (χ2n) is 7.41. The van der Waals surface area contributed by atoms with E-state index < -0.39 is 0 Å². The summed E-state index contributed by atoms with van der Waals surface area (Å²) in [5, 5.41) is 3.47. The number of amides is 1. The molecule has 0 bridgehead atoms. The largest absolute Gasteiger partial charge is 0.497 e. The molecule has 1 aliphatic carbocycles. The van der Waals surface area contributed by atoms with Crippen molar-refractivity contribution in [2.45, 2.75) is 19.3 Å². The molecule has 1 N–H and O–H groups in total. The minimum atomic E-state index is 0.276. The Labute approximate surface area is 144 Å². The number of nitrogens with one attached hydrogen (secondary N) is 1. The molecule has 2 saturated heterocycles. The summed E-state index contributed by atoms with van der Waals surface area (Å²) in [4.78, 5) is 17.3. The Kier molecular flexibility index (Phi) is 4.12. The Morgan fingerprint density at radius 2 is 1.96 bits per heavy atom. The number of methoxy groups -OCH3 is 1. The molecule has 1 amide bonds. The number of hydrogen-bond acceptors (Lipinski definition) is 4. The fraction of sp³-hybridized carbons (Fsp3) is 0.632. The standard InChI is InChI=1S/C19H27N3O2/c1-24-16-5-3-15(4-6-16)21-9-11-22(12-10-21)18(23)17-13-19(17)7-2-8-20-14-19/h3-6,17,20H,2,7-14H2,1H3. The van der Waals surface area contributed by atoms with Gasteiger partial charge in [0.1, 0.15) is 5.75 Å². The van der Waals surface area contributed by atoms with Gasteiger partial charge in [-0.15, -0.1) is 0 Å². The molecule has 2 aliphatic heterocycles. The Bertz CT molecular complexity index is 587. The molecule has 0 aromatic heterocycles. The minimum Gasteiger partial charge on any atom is -0.497 e. The van der Waals surface area contributed by atoms with Crippen molar-refractivity contribution >= 4 is 11.6 Å². The molecule has 1 spiro atoms. The fourth-order valence-corrected chi connectivity index (χ4v) is 4.36. The highest BCUT2D eigenvalue weighted by Crippen LogP contribution is 2.57. The average molecular weight is 329 g/mol. The summed E-state index contributed by atoms with van der Waals surface area (Å²) < 4.78 is 5.22. The molecule has 4 rings (SSSR count). The van der Waals surface area contributed by atoms with Crippen molar-refractivity contribution in [1.82, 2.24) is 10.2 Å². The first kappa shape index (κ1) is 15.8. The predicted molar refractivity (Wildman–Crippen MR) is 94.4 cm³/mol. The lowest BCUT2D eigenvalue weighted by Crippen LogP contribution is -2.50. The van der Waals surface area contributed by atoms with E-state index in [4.69, 9.17) is 4.74 Å². The van der Waals surface area contributed by atoms with E-state index in [9.17, 15) is 4.79 Å². The molecule has 5 nitrogen and oxygen atoms in total. The lowest BCUT2D eigenvalue weighted by atomic mass is 9.93. The second kappa shape index (κ2) is 6.28. The van der Waals surface area contributed by atoms with Crippen LogP contribution in [-0.4, -0.2) is 57.2 Å². The molecule has 3 aliphatic rings. The molecular weight excluding hydrogens is 302 g/mol. The van der Waals surface area contributed by atoms with Crippen molar-refractivity contribution in [3.8, 4) is 5.75 Å². The fourth-order valence-electron chi connectivity index (χ4n) is 4.36. The van der Waals surface area contributed by atoms with Crippen LogP contribution in [0.5, 0.6) is 5.75 Å². The molecule has 1 aromatic rings. The van der Waals surface area contributed by atoms with Crippen LogP contribution in [0.3, 0.4) is 0 Å². The Balaban J connectivity index is 1.32. The summed E-state index contributed by atoms with van der Waals surface area (Å²) in [6.45, 7) is 5.65. The van der Waals surface area contributed by atoms with Gasteiger partial charge in [-0.2, -0.15) is 0 Å². The molecule has 1 aromatic carbocycles. The Morgan fingerprint density at radius 1 is 1.21 bits per heavy atom. The number of rotatable bonds is 3. The van der Waals surface area contributed by atoms with E-state index in [-0.39, 0.29) is 5.92 Å². The van der Waals surface area contributed by atoms with Crippen LogP contribution in [0, 0.1) is 11.3 Å². The third-order valence-electron chi connectivity index (χ3n) is 6.02. The van der Waals surface area contributed by atoms with Crippen molar-refractivity contribution in [2.24, 2.45) is 11.3 Å². The number of piperazine rings is 1. The predicted octanol–water partition coefficient (Wildman–Crippen LogP) is 1.73. The molecule has 3 fully saturated rings. The molecule has 2 heterocycles. The van der Waals surface area contributed by atoms with E-state index in [1.54, 1.807) is 7.11 Å². The Hall–Kier alpha value is -1.75. The van der Waals surface area contributed by atoms with Gasteiger partial charge in [0.2, 0.25) is 5.91 Å². The van der Waals surface area contributed by atoms with E-state index >= 15 is 0 Å². The van der Waals surface area contributed by atoms with Gasteiger partial charge in [0.05, 0.1) is 7.11 Å². The smallest absolute Gasteiger partial charge is 0.226 e. The molecule has 2 unspecified atom stereocenters. The highest BCUT2D eigenvalue weighted by molar-refractivity contribution is 5.83. The normalized spacial score (nSPS) is 29.6. The number of anilines is 1. The first-order valence-electron chi connectivity index (χ1n) is 9.10. The van der Waals surface area contributed by atoms with Crippen molar-refractivity contribution in [2.75, 3.05) is 51.3 Å². The third kappa shape index (κ3) is 2.86. The maximum absolute atomic E-state index is 12.8. The first-order valence-corrected chi connectivity index (χ1v) is 9.10. The van der Waals surface area contributed by atoms with Crippen LogP contribution < -0.4 is 15.0 Å². The minimum absolute atomic E-state index is 0.276.